The van der Waals surface area contributed by atoms with Crippen molar-refractivity contribution in [2.24, 2.45) is 5.92 Å². The maximum atomic E-state index is 13.3. The zero-order valence-electron chi connectivity index (χ0n) is 20.5. The molecule has 9 heteroatoms. The van der Waals surface area contributed by atoms with Crippen molar-refractivity contribution >= 4 is 18.0 Å². The number of likely N-dealkylation sites (tertiary alicyclic amines) is 1. The molecule has 0 aromatic rings. The van der Waals surface area contributed by atoms with Gasteiger partial charge in [-0.15, -0.1) is 0 Å². The van der Waals surface area contributed by atoms with Crippen molar-refractivity contribution in [3.05, 3.63) is 12.2 Å². The highest BCUT2D eigenvalue weighted by atomic mass is 16.6. The predicted octanol–water partition coefficient (Wildman–Crippen LogP) is 2.15. The minimum Gasteiger partial charge on any atom is -0.458 e. The average molecular weight is 457 g/mol. The summed E-state index contributed by atoms with van der Waals surface area (Å²) < 4.78 is 11.2. The van der Waals surface area contributed by atoms with Crippen LogP contribution in [0.25, 0.3) is 0 Å². The number of carbonyl (C=O) groups is 3. The number of hydrogen-bond donors (Lipinski definition) is 3. The lowest BCUT2D eigenvalue weighted by Crippen LogP contribution is -2.60. The van der Waals surface area contributed by atoms with E-state index in [2.05, 4.69) is 5.32 Å². The largest absolute Gasteiger partial charge is 0.458 e. The molecule has 0 aliphatic carbocycles. The zero-order valence-corrected chi connectivity index (χ0v) is 20.5. The number of allylic oxidation sites excluding steroid dienone is 1. The fourth-order valence-corrected chi connectivity index (χ4v) is 3.90. The third-order valence-corrected chi connectivity index (χ3v) is 4.89. The number of rotatable bonds is 7. The Labute approximate surface area is 191 Å². The first-order valence-electron chi connectivity index (χ1n) is 11.0. The SMILES string of the molecule is CC=C[C@@H]1C[C@@H](C(=O)OC(C)(C)C)N(C(=O)OC(C)(C)C)[C@H]1[C@@H](NC(C)=O)[C@@H](O)CCO. The molecule has 1 fully saturated rings. The van der Waals surface area contributed by atoms with Crippen LogP contribution in [-0.2, 0) is 19.1 Å². The lowest BCUT2D eigenvalue weighted by atomic mass is 9.89. The number of ether oxygens (including phenoxy) is 2. The number of nitrogens with zero attached hydrogens (tertiary/aromatic N) is 1. The Hall–Kier alpha value is -2.13. The molecule has 3 N–H and O–H groups in total. The number of hydrogen-bond acceptors (Lipinski definition) is 7. The summed E-state index contributed by atoms with van der Waals surface area (Å²) in [5.41, 5.74) is -1.59. The van der Waals surface area contributed by atoms with Crippen LogP contribution in [0, 0.1) is 5.92 Å². The van der Waals surface area contributed by atoms with E-state index in [1.54, 1.807) is 47.6 Å². The van der Waals surface area contributed by atoms with Gasteiger partial charge in [0.15, 0.2) is 0 Å². The summed E-state index contributed by atoms with van der Waals surface area (Å²) in [6.07, 6.45) is 1.98. The molecule has 1 aliphatic rings. The zero-order chi connectivity index (χ0) is 24.9. The van der Waals surface area contributed by atoms with Crippen molar-refractivity contribution in [3.8, 4) is 0 Å². The molecule has 0 unspecified atom stereocenters. The van der Waals surface area contributed by atoms with E-state index in [1.165, 1.54) is 11.8 Å². The molecular formula is C23H40N2O7. The fourth-order valence-electron chi connectivity index (χ4n) is 3.90. The molecule has 1 heterocycles. The number of carbonyl (C=O) groups excluding carboxylic acids is 3. The Kier molecular flexibility index (Phi) is 9.71. The highest BCUT2D eigenvalue weighted by Crippen LogP contribution is 2.37. The van der Waals surface area contributed by atoms with E-state index in [4.69, 9.17) is 9.47 Å². The smallest absolute Gasteiger partial charge is 0.411 e. The molecule has 32 heavy (non-hydrogen) atoms. The summed E-state index contributed by atoms with van der Waals surface area (Å²) in [6.45, 7) is 13.2. The van der Waals surface area contributed by atoms with Gasteiger partial charge in [0.1, 0.15) is 17.2 Å². The van der Waals surface area contributed by atoms with E-state index in [9.17, 15) is 24.6 Å². The molecule has 0 saturated carbocycles. The molecule has 0 radical (unpaired) electrons. The van der Waals surface area contributed by atoms with Crippen molar-refractivity contribution in [1.29, 1.82) is 0 Å². The van der Waals surface area contributed by atoms with E-state index in [0.29, 0.717) is 0 Å². The Morgan fingerprint density at radius 2 is 1.69 bits per heavy atom. The minimum absolute atomic E-state index is 0.0106. The van der Waals surface area contributed by atoms with E-state index in [-0.39, 0.29) is 25.4 Å². The second-order valence-corrected chi connectivity index (χ2v) is 10.2. The molecule has 0 spiro atoms. The van der Waals surface area contributed by atoms with E-state index in [1.807, 2.05) is 13.0 Å². The van der Waals surface area contributed by atoms with Gasteiger partial charge in [0.2, 0.25) is 5.91 Å². The van der Waals surface area contributed by atoms with Crippen LogP contribution in [-0.4, -0.2) is 75.1 Å². The van der Waals surface area contributed by atoms with Crippen LogP contribution in [0.1, 0.15) is 68.2 Å². The fraction of sp³-hybridized carbons (Fsp3) is 0.783. The van der Waals surface area contributed by atoms with Gasteiger partial charge in [0, 0.05) is 19.4 Å². The van der Waals surface area contributed by atoms with Crippen LogP contribution in [0.2, 0.25) is 0 Å². The average Bonchev–Trinajstić information content (AvgIpc) is 2.96. The standard InChI is InChI=1S/C23H40N2O7/c1-9-10-15-13-16(20(29)31-22(3,4)5)25(21(30)32-23(6,7)8)19(15)18(24-14(2)27)17(28)11-12-26/h9-10,15-19,26,28H,11-13H2,1-8H3,(H,24,27)/t15-,16+,17+,18+,19-/m1/s1. The second kappa shape index (κ2) is 11.1. The van der Waals surface area contributed by atoms with Crippen molar-refractivity contribution in [2.45, 2.75) is 104 Å². The molecule has 0 aromatic carbocycles. The first kappa shape index (κ1) is 27.9. The molecule has 5 atom stereocenters. The van der Waals surface area contributed by atoms with E-state index < -0.39 is 53.4 Å². The Bertz CT molecular complexity index is 693. The van der Waals surface area contributed by atoms with Crippen molar-refractivity contribution in [1.82, 2.24) is 10.2 Å². The quantitative estimate of drug-likeness (QED) is 0.396. The van der Waals surface area contributed by atoms with Gasteiger partial charge in [-0.1, -0.05) is 12.2 Å². The highest BCUT2D eigenvalue weighted by molar-refractivity contribution is 5.83. The first-order chi connectivity index (χ1) is 14.6. The van der Waals surface area contributed by atoms with Gasteiger partial charge >= 0.3 is 12.1 Å². The molecule has 1 saturated heterocycles. The summed E-state index contributed by atoms with van der Waals surface area (Å²) in [7, 11) is 0. The Morgan fingerprint density at radius 1 is 1.12 bits per heavy atom. The van der Waals surface area contributed by atoms with Gasteiger partial charge in [-0.25, -0.2) is 9.59 Å². The van der Waals surface area contributed by atoms with Crippen molar-refractivity contribution in [2.75, 3.05) is 6.61 Å². The molecule has 2 amide bonds. The van der Waals surface area contributed by atoms with Gasteiger partial charge in [0.25, 0.3) is 0 Å². The molecule has 9 nitrogen and oxygen atoms in total. The van der Waals surface area contributed by atoms with Crippen LogP contribution in [0.3, 0.4) is 0 Å². The number of aliphatic hydroxyl groups is 2. The van der Waals surface area contributed by atoms with Crippen LogP contribution in [0.4, 0.5) is 4.79 Å². The lowest BCUT2D eigenvalue weighted by molar-refractivity contribution is -0.160. The van der Waals surface area contributed by atoms with Gasteiger partial charge in [-0.05, 0) is 61.3 Å². The Morgan fingerprint density at radius 3 is 2.12 bits per heavy atom. The molecule has 0 bridgehead atoms. The molecule has 184 valence electrons. The van der Waals surface area contributed by atoms with E-state index in [0.717, 1.165) is 0 Å². The first-order valence-corrected chi connectivity index (χ1v) is 11.0. The number of nitrogens with one attached hydrogen (secondary N) is 1. The predicted molar refractivity (Wildman–Crippen MR) is 120 cm³/mol. The normalized spacial score (nSPS) is 23.7. The summed E-state index contributed by atoms with van der Waals surface area (Å²) in [4.78, 5) is 39.6. The second-order valence-electron chi connectivity index (χ2n) is 10.2. The lowest BCUT2D eigenvalue weighted by Gasteiger charge is -2.39. The van der Waals surface area contributed by atoms with E-state index >= 15 is 0 Å². The number of amides is 2. The summed E-state index contributed by atoms with van der Waals surface area (Å²) >= 11 is 0. The third-order valence-electron chi connectivity index (χ3n) is 4.89. The maximum absolute atomic E-state index is 13.3. The van der Waals surface area contributed by atoms with Crippen molar-refractivity contribution in [3.63, 3.8) is 0 Å². The molecule has 1 rings (SSSR count). The van der Waals surface area contributed by atoms with Crippen LogP contribution >= 0.6 is 0 Å². The molecule has 1 aliphatic heterocycles. The molecule has 0 aromatic heterocycles. The summed E-state index contributed by atoms with van der Waals surface area (Å²) in [6, 6.07) is -2.68. The third kappa shape index (κ3) is 8.09. The van der Waals surface area contributed by atoms with Crippen LogP contribution < -0.4 is 5.32 Å². The van der Waals surface area contributed by atoms with Crippen molar-refractivity contribution < 1.29 is 34.1 Å². The van der Waals surface area contributed by atoms with Gasteiger partial charge in [-0.3, -0.25) is 9.69 Å². The van der Waals surface area contributed by atoms with Crippen LogP contribution in [0.5, 0.6) is 0 Å². The molecular weight excluding hydrogens is 416 g/mol. The maximum Gasteiger partial charge on any atom is 0.411 e. The highest BCUT2D eigenvalue weighted by Gasteiger charge is 2.53. The van der Waals surface area contributed by atoms with Gasteiger partial charge in [-0.2, -0.15) is 0 Å². The number of aliphatic hydroxyl groups excluding tert-OH is 2. The minimum atomic E-state index is -1.15. The van der Waals surface area contributed by atoms with Gasteiger partial charge < -0.3 is 25.0 Å². The summed E-state index contributed by atoms with van der Waals surface area (Å²) in [5.74, 6) is -1.36. The number of esters is 1. The topological polar surface area (TPSA) is 125 Å². The monoisotopic (exact) mass is 456 g/mol. The summed E-state index contributed by atoms with van der Waals surface area (Å²) in [5, 5.41) is 22.8. The Balaban J connectivity index is 3.55. The van der Waals surface area contributed by atoms with Gasteiger partial charge in [0.05, 0.1) is 18.2 Å². The van der Waals surface area contributed by atoms with Crippen LogP contribution in [0.15, 0.2) is 12.2 Å².